The number of amides is 3. The fourth-order valence-electron chi connectivity index (χ4n) is 5.05. The zero-order chi connectivity index (χ0) is 29.5. The number of rotatable bonds is 7. The molecular weight excluding hydrogens is 543 g/mol. The van der Waals surface area contributed by atoms with Crippen molar-refractivity contribution >= 4 is 23.2 Å². The van der Waals surface area contributed by atoms with Crippen LogP contribution in [0.4, 0.5) is 31.5 Å². The Bertz CT molecular complexity index is 1220. The van der Waals surface area contributed by atoms with Gasteiger partial charge in [-0.3, -0.25) is 0 Å². The average molecular weight is 577 g/mol. The number of alkyl carbamates (subject to hydrolysis) is 1. The molecule has 2 heterocycles. The lowest BCUT2D eigenvalue weighted by Crippen LogP contribution is -2.40. The summed E-state index contributed by atoms with van der Waals surface area (Å²) in [4.78, 5) is 30.6. The number of methoxy groups -OCH3 is 1. The van der Waals surface area contributed by atoms with E-state index < -0.39 is 60.4 Å². The van der Waals surface area contributed by atoms with Gasteiger partial charge in [0.1, 0.15) is 23.2 Å². The summed E-state index contributed by atoms with van der Waals surface area (Å²) in [7, 11) is 1.37. The number of carbonyl (C=O) groups is 2. The molecule has 0 bridgehead atoms. The highest BCUT2D eigenvalue weighted by Crippen LogP contribution is 2.42. The standard InChI is InChI=1S/C26H33F5N4O5/c1-24(2,3)40-23(37)34-20(14-7-9-25(27,28)10-8-14)21-32-16-11-15(5-6-18(16)39-21)17(13-38-4)35-12-19(26(29,30)31)33-22(35)36/h5-6,11,14,17,19-20H,7-10,12-13H2,1-4H3,(H,33,36)(H,34,37)/t17-,19-,20-/m0/s1. The van der Waals surface area contributed by atoms with Crippen LogP contribution in [0.5, 0.6) is 0 Å². The maximum atomic E-state index is 13.9. The first kappa shape index (κ1) is 29.8. The molecule has 3 atom stereocenters. The van der Waals surface area contributed by atoms with Crippen LogP contribution in [-0.4, -0.2) is 66.0 Å². The van der Waals surface area contributed by atoms with Gasteiger partial charge in [0.05, 0.1) is 19.2 Å². The van der Waals surface area contributed by atoms with E-state index in [2.05, 4.69) is 10.3 Å². The Morgan fingerprint density at radius 3 is 2.50 bits per heavy atom. The number of ether oxygens (including phenoxy) is 2. The summed E-state index contributed by atoms with van der Waals surface area (Å²) >= 11 is 0. The van der Waals surface area contributed by atoms with E-state index in [-0.39, 0.29) is 38.2 Å². The van der Waals surface area contributed by atoms with Crippen LogP contribution in [-0.2, 0) is 9.47 Å². The largest absolute Gasteiger partial charge is 0.444 e. The molecule has 1 aliphatic heterocycles. The van der Waals surface area contributed by atoms with E-state index in [4.69, 9.17) is 13.9 Å². The van der Waals surface area contributed by atoms with Gasteiger partial charge in [0, 0.05) is 20.0 Å². The van der Waals surface area contributed by atoms with E-state index in [1.54, 1.807) is 39.0 Å². The first-order chi connectivity index (χ1) is 18.6. The second kappa shape index (κ2) is 11.0. The van der Waals surface area contributed by atoms with Crippen molar-refractivity contribution in [3.63, 3.8) is 0 Å². The van der Waals surface area contributed by atoms with Gasteiger partial charge in [-0.25, -0.2) is 23.4 Å². The smallest absolute Gasteiger partial charge is 0.410 e. The predicted octanol–water partition coefficient (Wildman–Crippen LogP) is 5.86. The fourth-order valence-corrected chi connectivity index (χ4v) is 5.05. The molecule has 0 spiro atoms. The van der Waals surface area contributed by atoms with Crippen LogP contribution in [0, 0.1) is 5.92 Å². The first-order valence-electron chi connectivity index (χ1n) is 13.0. The van der Waals surface area contributed by atoms with Gasteiger partial charge in [-0.05, 0) is 57.2 Å². The minimum Gasteiger partial charge on any atom is -0.444 e. The van der Waals surface area contributed by atoms with Crippen LogP contribution in [0.15, 0.2) is 22.6 Å². The third kappa shape index (κ3) is 6.94. The number of hydrogen-bond donors (Lipinski definition) is 2. The number of benzene rings is 1. The third-order valence-electron chi connectivity index (χ3n) is 7.02. The van der Waals surface area contributed by atoms with Gasteiger partial charge in [-0.1, -0.05) is 6.07 Å². The highest BCUT2D eigenvalue weighted by Gasteiger charge is 2.48. The molecule has 1 aromatic carbocycles. The number of nitrogens with zero attached hydrogens (tertiary/aromatic N) is 2. The molecule has 0 radical (unpaired) electrons. The number of aromatic nitrogens is 1. The van der Waals surface area contributed by atoms with E-state index in [9.17, 15) is 31.5 Å². The second-order valence-corrected chi connectivity index (χ2v) is 11.3. The van der Waals surface area contributed by atoms with Crippen molar-refractivity contribution in [1.29, 1.82) is 0 Å². The number of urea groups is 1. The summed E-state index contributed by atoms with van der Waals surface area (Å²) in [6.45, 7) is 4.41. The highest BCUT2D eigenvalue weighted by molar-refractivity contribution is 5.78. The van der Waals surface area contributed by atoms with Crippen LogP contribution in [0.25, 0.3) is 11.1 Å². The molecule has 0 unspecified atom stereocenters. The molecule has 40 heavy (non-hydrogen) atoms. The predicted molar refractivity (Wildman–Crippen MR) is 133 cm³/mol. The van der Waals surface area contributed by atoms with Crippen LogP contribution < -0.4 is 10.6 Å². The average Bonchev–Trinajstić information content (AvgIpc) is 3.43. The SMILES string of the molecule is COC[C@@H](c1ccc2oc([C@@H](NC(=O)OC(C)(C)C)C3CCC(F)(F)CC3)nc2c1)N1C[C@@H](C(F)(F)F)NC1=O. The summed E-state index contributed by atoms with van der Waals surface area (Å²) in [6.07, 6.45) is -5.80. The number of carbonyl (C=O) groups excluding carboxylic acids is 2. The van der Waals surface area contributed by atoms with Crippen molar-refractivity contribution in [2.75, 3.05) is 20.3 Å². The van der Waals surface area contributed by atoms with Gasteiger partial charge in [0.2, 0.25) is 11.8 Å². The molecule has 222 valence electrons. The van der Waals surface area contributed by atoms with Crippen LogP contribution in [0.2, 0.25) is 0 Å². The normalized spacial score (nSPS) is 21.8. The Hall–Kier alpha value is -3.16. The maximum Gasteiger partial charge on any atom is 0.410 e. The van der Waals surface area contributed by atoms with E-state index >= 15 is 0 Å². The summed E-state index contributed by atoms with van der Waals surface area (Å²) in [5.74, 6) is -3.09. The first-order valence-corrected chi connectivity index (χ1v) is 13.0. The Morgan fingerprint density at radius 2 is 1.93 bits per heavy atom. The number of halogens is 5. The zero-order valence-corrected chi connectivity index (χ0v) is 22.6. The Balaban J connectivity index is 1.63. The molecular formula is C26H33F5N4O5. The molecule has 1 aliphatic carbocycles. The summed E-state index contributed by atoms with van der Waals surface area (Å²) in [5.41, 5.74) is 0.290. The number of oxazole rings is 1. The monoisotopic (exact) mass is 576 g/mol. The Labute approximate surface area is 227 Å². The number of nitrogens with one attached hydrogen (secondary N) is 2. The summed E-state index contributed by atoms with van der Waals surface area (Å²) < 4.78 is 84.0. The highest BCUT2D eigenvalue weighted by atomic mass is 19.4. The van der Waals surface area contributed by atoms with Crippen LogP contribution in [0.1, 0.15) is 70.0 Å². The molecule has 1 aromatic heterocycles. The Morgan fingerprint density at radius 1 is 1.25 bits per heavy atom. The topological polar surface area (TPSA) is 106 Å². The van der Waals surface area contributed by atoms with Gasteiger partial charge in [0.25, 0.3) is 0 Å². The molecule has 1 saturated heterocycles. The van der Waals surface area contributed by atoms with E-state index in [0.717, 1.165) is 4.90 Å². The zero-order valence-electron chi connectivity index (χ0n) is 22.6. The van der Waals surface area contributed by atoms with Crippen molar-refractivity contribution in [2.45, 2.75) is 82.3 Å². The lowest BCUT2D eigenvalue weighted by molar-refractivity contribution is -0.150. The van der Waals surface area contributed by atoms with Gasteiger partial charge < -0.3 is 29.4 Å². The van der Waals surface area contributed by atoms with Gasteiger partial charge in [0.15, 0.2) is 5.58 Å². The quantitative estimate of drug-likeness (QED) is 0.400. The van der Waals surface area contributed by atoms with Crippen molar-refractivity contribution in [2.24, 2.45) is 5.92 Å². The van der Waals surface area contributed by atoms with Crippen LogP contribution >= 0.6 is 0 Å². The molecule has 2 aliphatic rings. The molecule has 2 aromatic rings. The van der Waals surface area contributed by atoms with E-state index in [0.29, 0.717) is 16.7 Å². The van der Waals surface area contributed by atoms with Crippen LogP contribution in [0.3, 0.4) is 0 Å². The van der Waals surface area contributed by atoms with Gasteiger partial charge >= 0.3 is 18.3 Å². The van der Waals surface area contributed by atoms with Crippen molar-refractivity contribution in [3.8, 4) is 0 Å². The molecule has 4 rings (SSSR count). The number of hydrogen-bond acceptors (Lipinski definition) is 6. The van der Waals surface area contributed by atoms with Crippen molar-refractivity contribution < 1.29 is 45.4 Å². The number of fused-ring (bicyclic) bond motifs is 1. The number of alkyl halides is 5. The minimum atomic E-state index is -4.60. The van der Waals surface area contributed by atoms with Gasteiger partial charge in [-0.15, -0.1) is 0 Å². The minimum absolute atomic E-state index is 0.0761. The summed E-state index contributed by atoms with van der Waals surface area (Å²) in [6, 6.07) is 0.127. The molecule has 14 heteroatoms. The molecule has 3 amide bonds. The van der Waals surface area contributed by atoms with Crippen molar-refractivity contribution in [1.82, 2.24) is 20.5 Å². The third-order valence-corrected chi connectivity index (χ3v) is 7.02. The Kier molecular flexibility index (Phi) is 8.21. The lowest BCUT2D eigenvalue weighted by atomic mass is 9.82. The molecule has 2 fully saturated rings. The molecule has 9 nitrogen and oxygen atoms in total. The fraction of sp³-hybridized carbons (Fsp3) is 0.654. The van der Waals surface area contributed by atoms with Gasteiger partial charge in [-0.2, -0.15) is 13.2 Å². The van der Waals surface area contributed by atoms with E-state index in [1.165, 1.54) is 7.11 Å². The lowest BCUT2D eigenvalue weighted by Gasteiger charge is -2.33. The second-order valence-electron chi connectivity index (χ2n) is 11.3. The van der Waals surface area contributed by atoms with Crippen molar-refractivity contribution in [3.05, 3.63) is 29.7 Å². The maximum absolute atomic E-state index is 13.9. The molecule has 1 saturated carbocycles. The molecule has 2 N–H and O–H groups in total. The summed E-state index contributed by atoms with van der Waals surface area (Å²) in [5, 5.41) is 4.68. The van der Waals surface area contributed by atoms with E-state index in [1.807, 2.05) is 5.32 Å².